The highest BCUT2D eigenvalue weighted by Crippen LogP contribution is 2.12. The van der Waals surface area contributed by atoms with Crippen LogP contribution in [0.1, 0.15) is 16.1 Å². The minimum atomic E-state index is -0.385. The number of nitrogen functional groups attached to an aromatic ring is 1. The van der Waals surface area contributed by atoms with E-state index in [0.29, 0.717) is 23.6 Å². The van der Waals surface area contributed by atoms with Gasteiger partial charge in [-0.15, -0.1) is 10.2 Å². The zero-order valence-corrected chi connectivity index (χ0v) is 11.5. The van der Waals surface area contributed by atoms with Crippen molar-refractivity contribution in [1.82, 2.24) is 30.6 Å². The van der Waals surface area contributed by atoms with E-state index in [1.54, 1.807) is 12.1 Å². The van der Waals surface area contributed by atoms with Crippen molar-refractivity contribution in [1.29, 1.82) is 0 Å². The standard InChI is InChI=1S/C14H13N7O/c15-17-14(22)11-6-7-12(16-8-11)9-21-19-13(18-20-21)10-4-2-1-3-5-10/h1-8H,9,15H2,(H,17,22). The molecule has 0 radical (unpaired) electrons. The molecule has 22 heavy (non-hydrogen) atoms. The van der Waals surface area contributed by atoms with Crippen molar-refractivity contribution >= 4 is 5.91 Å². The number of rotatable bonds is 4. The highest BCUT2D eigenvalue weighted by atomic mass is 16.2. The van der Waals surface area contributed by atoms with Gasteiger partial charge in [-0.05, 0) is 17.3 Å². The van der Waals surface area contributed by atoms with Crippen LogP contribution in [0, 0.1) is 0 Å². The third kappa shape index (κ3) is 2.96. The van der Waals surface area contributed by atoms with E-state index in [-0.39, 0.29) is 5.91 Å². The molecule has 0 aliphatic carbocycles. The lowest BCUT2D eigenvalue weighted by Gasteiger charge is -2.01. The van der Waals surface area contributed by atoms with Crippen molar-refractivity contribution in [2.75, 3.05) is 0 Å². The predicted molar refractivity (Wildman–Crippen MR) is 78.2 cm³/mol. The number of amides is 1. The number of hydrogen-bond acceptors (Lipinski definition) is 6. The fourth-order valence-electron chi connectivity index (χ4n) is 1.89. The smallest absolute Gasteiger partial charge is 0.266 e. The van der Waals surface area contributed by atoms with E-state index in [4.69, 9.17) is 5.84 Å². The molecule has 1 aromatic carbocycles. The maximum atomic E-state index is 11.3. The fraction of sp³-hybridized carbons (Fsp3) is 0.0714. The van der Waals surface area contributed by atoms with Gasteiger partial charge in [-0.3, -0.25) is 15.2 Å². The number of nitrogens with one attached hydrogen (secondary N) is 1. The topological polar surface area (TPSA) is 112 Å². The molecular weight excluding hydrogens is 282 g/mol. The molecule has 0 saturated heterocycles. The summed E-state index contributed by atoms with van der Waals surface area (Å²) in [5.74, 6) is 5.23. The lowest BCUT2D eigenvalue weighted by molar-refractivity contribution is 0.0953. The summed E-state index contributed by atoms with van der Waals surface area (Å²) >= 11 is 0. The quantitative estimate of drug-likeness (QED) is 0.409. The van der Waals surface area contributed by atoms with Gasteiger partial charge in [0.05, 0.1) is 11.3 Å². The molecule has 0 fully saturated rings. The first-order valence-corrected chi connectivity index (χ1v) is 6.55. The maximum absolute atomic E-state index is 11.3. The molecule has 3 rings (SSSR count). The second-order valence-electron chi connectivity index (χ2n) is 4.52. The Kier molecular flexibility index (Phi) is 3.84. The molecule has 1 amide bonds. The minimum absolute atomic E-state index is 0.365. The van der Waals surface area contributed by atoms with Crippen LogP contribution in [0.5, 0.6) is 0 Å². The number of aromatic nitrogens is 5. The van der Waals surface area contributed by atoms with Crippen LogP contribution >= 0.6 is 0 Å². The molecule has 0 aliphatic heterocycles. The van der Waals surface area contributed by atoms with Crippen LogP contribution in [-0.2, 0) is 6.54 Å². The molecule has 2 aromatic heterocycles. The molecule has 2 heterocycles. The van der Waals surface area contributed by atoms with Crippen molar-refractivity contribution in [3.8, 4) is 11.4 Å². The molecule has 110 valence electrons. The van der Waals surface area contributed by atoms with Gasteiger partial charge in [-0.25, -0.2) is 5.84 Å². The summed E-state index contributed by atoms with van der Waals surface area (Å²) in [6.07, 6.45) is 1.45. The Morgan fingerprint density at radius 1 is 1.18 bits per heavy atom. The first-order chi connectivity index (χ1) is 10.8. The van der Waals surface area contributed by atoms with E-state index in [1.165, 1.54) is 11.0 Å². The molecule has 3 aromatic rings. The molecule has 0 saturated carbocycles. The number of hydrazine groups is 1. The molecule has 0 atom stereocenters. The van der Waals surface area contributed by atoms with Gasteiger partial charge in [0.1, 0.15) is 6.54 Å². The third-order valence-electron chi connectivity index (χ3n) is 3.01. The summed E-state index contributed by atoms with van der Waals surface area (Å²) in [6, 6.07) is 12.9. The molecule has 8 heteroatoms. The van der Waals surface area contributed by atoms with Crippen LogP contribution in [0.4, 0.5) is 0 Å². The van der Waals surface area contributed by atoms with Crippen molar-refractivity contribution in [3.05, 3.63) is 59.9 Å². The van der Waals surface area contributed by atoms with Crippen LogP contribution < -0.4 is 11.3 Å². The van der Waals surface area contributed by atoms with E-state index in [9.17, 15) is 4.79 Å². The first kappa shape index (κ1) is 13.8. The molecular formula is C14H13N7O. The number of nitrogens with zero attached hydrogens (tertiary/aromatic N) is 5. The summed E-state index contributed by atoms with van der Waals surface area (Å²) in [5.41, 5.74) is 4.06. The lowest BCUT2D eigenvalue weighted by atomic mass is 10.2. The predicted octanol–water partition coefficient (Wildman–Crippen LogP) is 0.387. The zero-order chi connectivity index (χ0) is 15.4. The number of hydrogen-bond donors (Lipinski definition) is 2. The lowest BCUT2D eigenvalue weighted by Crippen LogP contribution is -2.30. The second kappa shape index (κ2) is 6.10. The third-order valence-corrected chi connectivity index (χ3v) is 3.01. The molecule has 0 spiro atoms. The van der Waals surface area contributed by atoms with Crippen molar-refractivity contribution in [2.24, 2.45) is 5.84 Å². The van der Waals surface area contributed by atoms with Gasteiger partial charge in [0.25, 0.3) is 5.91 Å². The van der Waals surface area contributed by atoms with Crippen molar-refractivity contribution in [3.63, 3.8) is 0 Å². The molecule has 0 unspecified atom stereocenters. The monoisotopic (exact) mass is 295 g/mol. The molecule has 0 aliphatic rings. The largest absolute Gasteiger partial charge is 0.290 e. The number of tetrazole rings is 1. The highest BCUT2D eigenvalue weighted by Gasteiger charge is 2.07. The Bertz CT molecular complexity index is 767. The maximum Gasteiger partial charge on any atom is 0.266 e. The van der Waals surface area contributed by atoms with Crippen LogP contribution in [0.15, 0.2) is 48.7 Å². The van der Waals surface area contributed by atoms with Gasteiger partial charge in [-0.1, -0.05) is 30.3 Å². The van der Waals surface area contributed by atoms with Crippen molar-refractivity contribution in [2.45, 2.75) is 6.54 Å². The van der Waals surface area contributed by atoms with E-state index >= 15 is 0 Å². The van der Waals surface area contributed by atoms with Gasteiger partial charge in [-0.2, -0.15) is 4.80 Å². The van der Waals surface area contributed by atoms with E-state index in [1.807, 2.05) is 30.3 Å². The van der Waals surface area contributed by atoms with Crippen LogP contribution in [-0.4, -0.2) is 31.1 Å². The minimum Gasteiger partial charge on any atom is -0.290 e. The fourth-order valence-corrected chi connectivity index (χ4v) is 1.89. The van der Waals surface area contributed by atoms with Crippen LogP contribution in [0.3, 0.4) is 0 Å². The van der Waals surface area contributed by atoms with E-state index in [0.717, 1.165) is 5.56 Å². The SMILES string of the molecule is NNC(=O)c1ccc(Cn2nnc(-c3ccccc3)n2)nc1. The van der Waals surface area contributed by atoms with Gasteiger partial charge >= 0.3 is 0 Å². The average Bonchev–Trinajstić information content (AvgIpc) is 3.04. The summed E-state index contributed by atoms with van der Waals surface area (Å²) in [4.78, 5) is 17.0. The zero-order valence-electron chi connectivity index (χ0n) is 11.5. The molecule has 0 bridgehead atoms. The Morgan fingerprint density at radius 2 is 2.00 bits per heavy atom. The number of nitrogens with two attached hydrogens (primary N) is 1. The normalized spacial score (nSPS) is 10.4. The average molecular weight is 295 g/mol. The second-order valence-corrected chi connectivity index (χ2v) is 4.52. The number of carbonyl (C=O) groups excluding carboxylic acids is 1. The highest BCUT2D eigenvalue weighted by molar-refractivity contribution is 5.93. The van der Waals surface area contributed by atoms with Crippen LogP contribution in [0.2, 0.25) is 0 Å². The van der Waals surface area contributed by atoms with Crippen LogP contribution in [0.25, 0.3) is 11.4 Å². The number of benzene rings is 1. The Labute approximate surface area is 125 Å². The summed E-state index contributed by atoms with van der Waals surface area (Å²) in [7, 11) is 0. The Hall–Kier alpha value is -3.13. The summed E-state index contributed by atoms with van der Waals surface area (Å²) < 4.78 is 0. The first-order valence-electron chi connectivity index (χ1n) is 6.55. The van der Waals surface area contributed by atoms with E-state index in [2.05, 4.69) is 25.8 Å². The van der Waals surface area contributed by atoms with Gasteiger partial charge in [0.15, 0.2) is 0 Å². The molecule has 3 N–H and O–H groups in total. The Morgan fingerprint density at radius 3 is 2.68 bits per heavy atom. The Balaban J connectivity index is 1.74. The van der Waals surface area contributed by atoms with Gasteiger partial charge in [0, 0.05) is 11.8 Å². The van der Waals surface area contributed by atoms with Gasteiger partial charge in [0.2, 0.25) is 5.82 Å². The summed E-state index contributed by atoms with van der Waals surface area (Å²) in [6.45, 7) is 0.365. The van der Waals surface area contributed by atoms with Gasteiger partial charge < -0.3 is 0 Å². The number of carbonyl (C=O) groups is 1. The van der Waals surface area contributed by atoms with E-state index < -0.39 is 0 Å². The summed E-state index contributed by atoms with van der Waals surface area (Å²) in [5, 5.41) is 12.3. The molecule has 8 nitrogen and oxygen atoms in total. The number of pyridine rings is 1. The van der Waals surface area contributed by atoms with Crippen molar-refractivity contribution < 1.29 is 4.79 Å².